The van der Waals surface area contributed by atoms with E-state index in [-0.39, 0.29) is 5.91 Å². The van der Waals surface area contributed by atoms with E-state index in [1.807, 2.05) is 49.4 Å². The molecule has 0 saturated heterocycles. The number of carbonyl (C=O) groups excluding carboxylic acids is 1. The lowest BCUT2D eigenvalue weighted by Gasteiger charge is -2.11. The SMILES string of the molecule is Cc1ccc(Br)cc1C(=O)Nc1ccccc1CCl. The Balaban J connectivity index is 2.28. The van der Waals surface area contributed by atoms with Crippen LogP contribution in [0.4, 0.5) is 5.69 Å². The Kier molecular flexibility index (Phi) is 4.61. The van der Waals surface area contributed by atoms with Crippen molar-refractivity contribution in [1.29, 1.82) is 0 Å². The van der Waals surface area contributed by atoms with E-state index in [1.165, 1.54) is 0 Å². The Morgan fingerprint density at radius 3 is 2.74 bits per heavy atom. The van der Waals surface area contributed by atoms with Crippen molar-refractivity contribution in [1.82, 2.24) is 0 Å². The molecule has 0 spiro atoms. The van der Waals surface area contributed by atoms with E-state index in [9.17, 15) is 4.79 Å². The number of alkyl halides is 1. The van der Waals surface area contributed by atoms with Gasteiger partial charge in [-0.3, -0.25) is 4.79 Å². The monoisotopic (exact) mass is 337 g/mol. The van der Waals surface area contributed by atoms with Gasteiger partial charge in [0.05, 0.1) is 0 Å². The van der Waals surface area contributed by atoms with E-state index >= 15 is 0 Å². The molecule has 0 unspecified atom stereocenters. The lowest BCUT2D eigenvalue weighted by Crippen LogP contribution is -2.14. The van der Waals surface area contributed by atoms with Crippen LogP contribution in [0, 0.1) is 6.92 Å². The van der Waals surface area contributed by atoms with Gasteiger partial charge in [0.2, 0.25) is 0 Å². The molecule has 0 atom stereocenters. The smallest absolute Gasteiger partial charge is 0.255 e. The molecule has 2 aromatic rings. The number of carbonyl (C=O) groups is 1. The molecule has 0 aliphatic carbocycles. The summed E-state index contributed by atoms with van der Waals surface area (Å²) in [7, 11) is 0. The lowest BCUT2D eigenvalue weighted by atomic mass is 10.1. The van der Waals surface area contributed by atoms with Crippen LogP contribution in [-0.2, 0) is 5.88 Å². The maximum atomic E-state index is 12.3. The highest BCUT2D eigenvalue weighted by Gasteiger charge is 2.11. The quantitative estimate of drug-likeness (QED) is 0.804. The Morgan fingerprint density at radius 1 is 1.26 bits per heavy atom. The molecule has 0 aromatic heterocycles. The topological polar surface area (TPSA) is 29.1 Å². The predicted molar refractivity (Wildman–Crippen MR) is 82.8 cm³/mol. The number of rotatable bonds is 3. The maximum Gasteiger partial charge on any atom is 0.255 e. The van der Waals surface area contributed by atoms with Gasteiger partial charge in [-0.05, 0) is 36.2 Å². The second-order valence-electron chi connectivity index (χ2n) is 4.20. The molecular weight excluding hydrogens is 326 g/mol. The molecule has 0 aliphatic rings. The summed E-state index contributed by atoms with van der Waals surface area (Å²) in [6.07, 6.45) is 0. The van der Waals surface area contributed by atoms with Crippen molar-refractivity contribution in [3.05, 3.63) is 63.6 Å². The Bertz CT molecular complexity index is 613. The van der Waals surface area contributed by atoms with Gasteiger partial charge in [0.15, 0.2) is 0 Å². The third kappa shape index (κ3) is 3.37. The molecule has 2 aromatic carbocycles. The first-order valence-corrected chi connectivity index (χ1v) is 7.16. The third-order valence-electron chi connectivity index (χ3n) is 2.85. The second-order valence-corrected chi connectivity index (χ2v) is 5.39. The summed E-state index contributed by atoms with van der Waals surface area (Å²) in [5.74, 6) is 0.241. The lowest BCUT2D eigenvalue weighted by molar-refractivity contribution is 0.102. The van der Waals surface area contributed by atoms with Crippen molar-refractivity contribution in [3.63, 3.8) is 0 Å². The molecule has 1 amide bonds. The van der Waals surface area contributed by atoms with Gasteiger partial charge in [0, 0.05) is 21.6 Å². The standard InChI is InChI=1S/C15H13BrClNO/c1-10-6-7-12(16)8-13(10)15(19)18-14-5-3-2-4-11(14)9-17/h2-8H,9H2,1H3,(H,18,19). The minimum atomic E-state index is -0.128. The molecule has 0 heterocycles. The molecule has 4 heteroatoms. The number of anilines is 1. The summed E-state index contributed by atoms with van der Waals surface area (Å²) >= 11 is 9.24. The van der Waals surface area contributed by atoms with Gasteiger partial charge in [0.1, 0.15) is 0 Å². The number of benzene rings is 2. The van der Waals surface area contributed by atoms with E-state index < -0.39 is 0 Å². The highest BCUT2D eigenvalue weighted by molar-refractivity contribution is 9.10. The normalized spacial score (nSPS) is 10.3. The third-order valence-corrected chi connectivity index (χ3v) is 3.63. The van der Waals surface area contributed by atoms with Crippen molar-refractivity contribution >= 4 is 39.1 Å². The first-order valence-electron chi connectivity index (χ1n) is 5.83. The average Bonchev–Trinajstić information content (AvgIpc) is 2.42. The van der Waals surface area contributed by atoms with E-state index in [1.54, 1.807) is 0 Å². The Morgan fingerprint density at radius 2 is 2.00 bits per heavy atom. The number of halogens is 2. The number of hydrogen-bond acceptors (Lipinski definition) is 1. The molecule has 1 N–H and O–H groups in total. The molecule has 2 rings (SSSR count). The largest absolute Gasteiger partial charge is 0.322 e. The molecule has 19 heavy (non-hydrogen) atoms. The first-order chi connectivity index (χ1) is 9.11. The van der Waals surface area contributed by atoms with E-state index in [0.29, 0.717) is 11.4 Å². The fourth-order valence-corrected chi connectivity index (χ4v) is 2.38. The average molecular weight is 339 g/mol. The van der Waals surface area contributed by atoms with Crippen LogP contribution < -0.4 is 5.32 Å². The molecular formula is C15H13BrClNO. The highest BCUT2D eigenvalue weighted by atomic mass is 79.9. The zero-order valence-corrected chi connectivity index (χ0v) is 12.8. The van der Waals surface area contributed by atoms with Crippen molar-refractivity contribution in [2.45, 2.75) is 12.8 Å². The predicted octanol–water partition coefficient (Wildman–Crippen LogP) is 4.75. The zero-order valence-electron chi connectivity index (χ0n) is 10.4. The van der Waals surface area contributed by atoms with E-state index in [0.717, 1.165) is 21.3 Å². The van der Waals surface area contributed by atoms with E-state index in [4.69, 9.17) is 11.6 Å². The molecule has 2 nitrogen and oxygen atoms in total. The van der Waals surface area contributed by atoms with Crippen LogP contribution >= 0.6 is 27.5 Å². The van der Waals surface area contributed by atoms with Crippen LogP contribution in [0.5, 0.6) is 0 Å². The Labute approximate surface area is 125 Å². The van der Waals surface area contributed by atoms with Crippen LogP contribution in [-0.4, -0.2) is 5.91 Å². The first kappa shape index (κ1) is 14.1. The number of para-hydroxylation sites is 1. The van der Waals surface area contributed by atoms with Gasteiger partial charge in [-0.15, -0.1) is 11.6 Å². The summed E-state index contributed by atoms with van der Waals surface area (Å²) in [6, 6.07) is 13.2. The van der Waals surface area contributed by atoms with Crippen LogP contribution in [0.1, 0.15) is 21.5 Å². The minimum Gasteiger partial charge on any atom is -0.322 e. The molecule has 0 radical (unpaired) electrons. The van der Waals surface area contributed by atoms with Crippen molar-refractivity contribution in [2.75, 3.05) is 5.32 Å². The van der Waals surface area contributed by atoms with Crippen LogP contribution in [0.15, 0.2) is 46.9 Å². The number of nitrogens with one attached hydrogen (secondary N) is 1. The van der Waals surface area contributed by atoms with Gasteiger partial charge in [-0.2, -0.15) is 0 Å². The number of hydrogen-bond donors (Lipinski definition) is 1. The summed E-state index contributed by atoms with van der Waals surface area (Å²) in [5.41, 5.74) is 3.25. The van der Waals surface area contributed by atoms with Crippen LogP contribution in [0.25, 0.3) is 0 Å². The van der Waals surface area contributed by atoms with Crippen molar-refractivity contribution in [2.24, 2.45) is 0 Å². The fraction of sp³-hybridized carbons (Fsp3) is 0.133. The number of amides is 1. The molecule has 98 valence electrons. The zero-order chi connectivity index (χ0) is 13.8. The molecule has 0 bridgehead atoms. The summed E-state index contributed by atoms with van der Waals surface area (Å²) in [4.78, 5) is 12.3. The second kappa shape index (κ2) is 6.22. The highest BCUT2D eigenvalue weighted by Crippen LogP contribution is 2.20. The van der Waals surface area contributed by atoms with Gasteiger partial charge in [-0.1, -0.05) is 40.2 Å². The van der Waals surface area contributed by atoms with Gasteiger partial charge in [-0.25, -0.2) is 0 Å². The Hall–Kier alpha value is -1.32. The van der Waals surface area contributed by atoms with Gasteiger partial charge < -0.3 is 5.32 Å². The van der Waals surface area contributed by atoms with Crippen molar-refractivity contribution < 1.29 is 4.79 Å². The summed E-state index contributed by atoms with van der Waals surface area (Å²) < 4.78 is 0.883. The van der Waals surface area contributed by atoms with Crippen LogP contribution in [0.3, 0.4) is 0 Å². The molecule has 0 saturated carbocycles. The summed E-state index contributed by atoms with van der Waals surface area (Å²) in [5, 5.41) is 2.90. The minimum absolute atomic E-state index is 0.128. The summed E-state index contributed by atoms with van der Waals surface area (Å²) in [6.45, 7) is 1.91. The van der Waals surface area contributed by atoms with E-state index in [2.05, 4.69) is 21.2 Å². The van der Waals surface area contributed by atoms with Gasteiger partial charge in [0.25, 0.3) is 5.91 Å². The maximum absolute atomic E-state index is 12.3. The molecule has 0 fully saturated rings. The number of aryl methyl sites for hydroxylation is 1. The van der Waals surface area contributed by atoms with Gasteiger partial charge >= 0.3 is 0 Å². The molecule has 0 aliphatic heterocycles. The fourth-order valence-electron chi connectivity index (χ4n) is 1.79. The van der Waals surface area contributed by atoms with Crippen molar-refractivity contribution in [3.8, 4) is 0 Å². The van der Waals surface area contributed by atoms with Crippen LogP contribution in [0.2, 0.25) is 0 Å².